The number of primary amides is 1. The predicted octanol–water partition coefficient (Wildman–Crippen LogP) is 9.94. The monoisotopic (exact) mass is 713 g/mol. The molecule has 6 rings (SSSR count). The molecule has 1 amide bonds. The van der Waals surface area contributed by atoms with Crippen LogP contribution in [0.2, 0.25) is 10.0 Å². The smallest absolute Gasteiger partial charge is 0.356 e. The maximum Gasteiger partial charge on any atom is 0.356 e. The summed E-state index contributed by atoms with van der Waals surface area (Å²) in [6.07, 6.45) is 0. The molecular formula is C38H27Cl2F2N3O5. The number of nitrogens with two attached hydrogens (primary N) is 1. The molecule has 2 N–H and O–H groups in total. The van der Waals surface area contributed by atoms with E-state index < -0.39 is 11.9 Å². The second-order valence-electron chi connectivity index (χ2n) is 10.4. The first-order chi connectivity index (χ1) is 24.1. The molecule has 0 spiro atoms. The largest absolute Gasteiger partial charge is 0.461 e. The lowest BCUT2D eigenvalue weighted by Crippen LogP contribution is -2.13. The number of halogens is 4. The van der Waals surface area contributed by atoms with Gasteiger partial charge in [-0.3, -0.25) is 4.79 Å². The fourth-order valence-corrected chi connectivity index (χ4v) is 4.85. The maximum atomic E-state index is 13.0. The summed E-state index contributed by atoms with van der Waals surface area (Å²) in [6, 6.07) is 31.8. The molecule has 4 aromatic carbocycles. The molecule has 8 nitrogen and oxygen atoms in total. The van der Waals surface area contributed by atoms with E-state index in [0.29, 0.717) is 50.0 Å². The summed E-state index contributed by atoms with van der Waals surface area (Å²) in [5, 5.41) is 0.738. The first-order valence-corrected chi connectivity index (χ1v) is 15.7. The second kappa shape index (κ2) is 16.5. The molecule has 0 bridgehead atoms. The lowest BCUT2D eigenvalue weighted by Gasteiger charge is -2.09. The Morgan fingerprint density at radius 3 is 1.50 bits per heavy atom. The molecule has 0 aliphatic carbocycles. The van der Waals surface area contributed by atoms with Crippen LogP contribution in [-0.4, -0.2) is 28.5 Å². The van der Waals surface area contributed by atoms with Crippen molar-refractivity contribution in [1.29, 1.82) is 0 Å². The van der Waals surface area contributed by atoms with E-state index in [4.69, 9.17) is 43.1 Å². The van der Waals surface area contributed by atoms with E-state index in [2.05, 4.69) is 9.97 Å². The molecular weight excluding hydrogens is 687 g/mol. The third kappa shape index (κ3) is 9.85. The third-order valence-corrected chi connectivity index (χ3v) is 7.11. The minimum absolute atomic E-state index is 0.0855. The number of pyridine rings is 2. The van der Waals surface area contributed by atoms with Crippen molar-refractivity contribution in [2.45, 2.75) is 6.92 Å². The summed E-state index contributed by atoms with van der Waals surface area (Å²) in [6.45, 7) is 1.98. The van der Waals surface area contributed by atoms with Crippen LogP contribution in [0.15, 0.2) is 121 Å². The van der Waals surface area contributed by atoms with Gasteiger partial charge in [-0.25, -0.2) is 23.5 Å². The second-order valence-corrected chi connectivity index (χ2v) is 11.2. The van der Waals surface area contributed by atoms with Crippen LogP contribution >= 0.6 is 23.2 Å². The summed E-state index contributed by atoms with van der Waals surface area (Å²) in [7, 11) is 0. The fourth-order valence-electron chi connectivity index (χ4n) is 4.44. The van der Waals surface area contributed by atoms with Crippen molar-refractivity contribution in [3.05, 3.63) is 154 Å². The standard InChI is InChI=1S/C20H15ClFNO3.C18H12ClFN2O2/c1-2-25-20(24)19-12-14(21)11-18(23-19)13-4-3-5-17(10-13)26-16-8-6-15(22)7-9-16;19-12-9-16(22-17(10-12)18(21)23)11-2-1-3-15(8-11)24-14-6-4-13(20)5-7-14/h3-12H,2H2,1H3;1-10H,(H2,21,23). The van der Waals surface area contributed by atoms with Crippen LogP contribution in [0.3, 0.4) is 0 Å². The van der Waals surface area contributed by atoms with Crippen LogP contribution in [0.1, 0.15) is 27.9 Å². The van der Waals surface area contributed by atoms with Gasteiger partial charge in [0.05, 0.1) is 18.0 Å². The molecule has 12 heteroatoms. The number of nitrogens with zero attached hydrogens (tertiary/aromatic N) is 2. The van der Waals surface area contributed by atoms with E-state index >= 15 is 0 Å². The summed E-state index contributed by atoms with van der Waals surface area (Å²) >= 11 is 12.1. The molecule has 0 aliphatic heterocycles. The van der Waals surface area contributed by atoms with Crippen molar-refractivity contribution < 1.29 is 32.6 Å². The number of rotatable bonds is 9. The van der Waals surface area contributed by atoms with Crippen LogP contribution in [0, 0.1) is 11.6 Å². The van der Waals surface area contributed by atoms with Gasteiger partial charge in [-0.1, -0.05) is 47.5 Å². The first kappa shape index (κ1) is 35.5. The number of carbonyl (C=O) groups excluding carboxylic acids is 2. The summed E-state index contributed by atoms with van der Waals surface area (Å²) in [5.41, 5.74) is 7.93. The number of carbonyl (C=O) groups is 2. The lowest BCUT2D eigenvalue weighted by molar-refractivity contribution is 0.0519. The topological polar surface area (TPSA) is 114 Å². The van der Waals surface area contributed by atoms with E-state index in [9.17, 15) is 18.4 Å². The average Bonchev–Trinajstić information content (AvgIpc) is 3.10. The van der Waals surface area contributed by atoms with Crippen LogP contribution in [0.5, 0.6) is 23.0 Å². The van der Waals surface area contributed by atoms with Gasteiger partial charge in [-0.15, -0.1) is 0 Å². The normalized spacial score (nSPS) is 10.4. The first-order valence-electron chi connectivity index (χ1n) is 15.0. The van der Waals surface area contributed by atoms with E-state index in [-0.39, 0.29) is 29.6 Å². The Balaban J connectivity index is 0.000000195. The number of aromatic nitrogens is 2. The lowest BCUT2D eigenvalue weighted by atomic mass is 10.1. The number of hydrogen-bond donors (Lipinski definition) is 1. The number of hydrogen-bond acceptors (Lipinski definition) is 7. The summed E-state index contributed by atoms with van der Waals surface area (Å²) in [4.78, 5) is 31.8. The summed E-state index contributed by atoms with van der Waals surface area (Å²) < 4.78 is 42.3. The number of ether oxygens (including phenoxy) is 3. The van der Waals surface area contributed by atoms with Crippen molar-refractivity contribution >= 4 is 35.1 Å². The van der Waals surface area contributed by atoms with E-state index in [1.807, 2.05) is 6.07 Å². The summed E-state index contributed by atoms with van der Waals surface area (Å²) in [5.74, 6) is 0.252. The quantitative estimate of drug-likeness (QED) is 0.148. The van der Waals surface area contributed by atoms with Gasteiger partial charge < -0.3 is 19.9 Å². The van der Waals surface area contributed by atoms with Crippen LogP contribution < -0.4 is 15.2 Å². The third-order valence-electron chi connectivity index (χ3n) is 6.68. The molecule has 2 heterocycles. The van der Waals surface area contributed by atoms with Crippen molar-refractivity contribution in [3.63, 3.8) is 0 Å². The number of benzene rings is 4. The van der Waals surface area contributed by atoms with E-state index in [1.165, 1.54) is 48.5 Å². The molecule has 0 atom stereocenters. The highest BCUT2D eigenvalue weighted by atomic mass is 35.5. The van der Waals surface area contributed by atoms with Gasteiger partial charge in [-0.2, -0.15) is 0 Å². The van der Waals surface area contributed by atoms with Gasteiger partial charge in [0.25, 0.3) is 5.91 Å². The van der Waals surface area contributed by atoms with Gasteiger partial charge in [0.1, 0.15) is 40.3 Å². The number of amides is 1. The Hall–Kier alpha value is -5.84. The fraction of sp³-hybridized carbons (Fsp3) is 0.0526. The van der Waals surface area contributed by atoms with Crippen molar-refractivity contribution in [2.24, 2.45) is 5.73 Å². The van der Waals surface area contributed by atoms with Crippen molar-refractivity contribution in [1.82, 2.24) is 9.97 Å². The Bertz CT molecular complexity index is 2130. The molecule has 0 radical (unpaired) electrons. The minimum Gasteiger partial charge on any atom is -0.461 e. The van der Waals surface area contributed by atoms with Crippen LogP contribution in [-0.2, 0) is 4.74 Å². The highest BCUT2D eigenvalue weighted by Crippen LogP contribution is 2.30. The van der Waals surface area contributed by atoms with Crippen molar-refractivity contribution in [2.75, 3.05) is 6.61 Å². The zero-order valence-electron chi connectivity index (χ0n) is 26.3. The van der Waals surface area contributed by atoms with Gasteiger partial charge in [0.15, 0.2) is 5.69 Å². The van der Waals surface area contributed by atoms with Gasteiger partial charge in [0.2, 0.25) is 0 Å². The van der Waals surface area contributed by atoms with Gasteiger partial charge >= 0.3 is 5.97 Å². The predicted molar refractivity (Wildman–Crippen MR) is 187 cm³/mol. The van der Waals surface area contributed by atoms with Crippen LogP contribution in [0.25, 0.3) is 22.5 Å². The molecule has 50 heavy (non-hydrogen) atoms. The average molecular weight is 715 g/mol. The molecule has 0 saturated heterocycles. The SMILES string of the molecule is CCOC(=O)c1cc(Cl)cc(-c2cccc(Oc3ccc(F)cc3)c2)n1.NC(=O)c1cc(Cl)cc(-c2cccc(Oc3ccc(F)cc3)c2)n1. The molecule has 252 valence electrons. The Morgan fingerprint density at radius 1 is 0.620 bits per heavy atom. The molecule has 0 fully saturated rings. The van der Waals surface area contributed by atoms with Gasteiger partial charge in [0, 0.05) is 21.2 Å². The van der Waals surface area contributed by atoms with E-state index in [0.717, 1.165) is 5.56 Å². The molecule has 0 saturated carbocycles. The highest BCUT2D eigenvalue weighted by Gasteiger charge is 2.13. The Morgan fingerprint density at radius 2 is 1.06 bits per heavy atom. The van der Waals surface area contributed by atoms with Crippen molar-refractivity contribution in [3.8, 4) is 45.5 Å². The minimum atomic E-state index is -0.655. The molecule has 0 unspecified atom stereocenters. The Kier molecular flexibility index (Phi) is 11.7. The number of esters is 1. The Labute approximate surface area is 296 Å². The molecule has 2 aromatic heterocycles. The maximum absolute atomic E-state index is 13.0. The zero-order valence-corrected chi connectivity index (χ0v) is 27.8. The highest BCUT2D eigenvalue weighted by molar-refractivity contribution is 6.31. The molecule has 6 aromatic rings. The van der Waals surface area contributed by atoms with Gasteiger partial charge in [-0.05, 0) is 104 Å². The molecule has 0 aliphatic rings. The van der Waals surface area contributed by atoms with Crippen LogP contribution in [0.4, 0.5) is 8.78 Å². The van der Waals surface area contributed by atoms with E-state index in [1.54, 1.807) is 73.7 Å². The zero-order chi connectivity index (χ0) is 35.6.